The number of nitrogens with one attached hydrogen (secondary N) is 1. The van der Waals surface area contributed by atoms with Gasteiger partial charge in [-0.1, -0.05) is 47.6 Å². The van der Waals surface area contributed by atoms with Crippen LogP contribution in [0.1, 0.15) is 11.1 Å². The van der Waals surface area contributed by atoms with Gasteiger partial charge in [-0.3, -0.25) is 0 Å². The van der Waals surface area contributed by atoms with Crippen molar-refractivity contribution in [2.45, 2.75) is 0 Å². The second-order valence-electron chi connectivity index (χ2n) is 6.19. The Balaban J connectivity index is 1.78. The van der Waals surface area contributed by atoms with Crippen LogP contribution in [0.2, 0.25) is 0 Å². The van der Waals surface area contributed by atoms with Gasteiger partial charge < -0.3 is 14.9 Å². The van der Waals surface area contributed by atoms with Crippen molar-refractivity contribution in [1.29, 1.82) is 0 Å². The maximum absolute atomic E-state index is 9.54. The summed E-state index contributed by atoms with van der Waals surface area (Å²) in [6.45, 7) is 0. The Morgan fingerprint density at radius 1 is 0.923 bits per heavy atom. The Hall–Kier alpha value is -3.60. The minimum atomic E-state index is 0.593. The third-order valence-electron chi connectivity index (χ3n) is 4.82. The minimum Gasteiger partial charge on any atom is -0.497 e. The highest BCUT2D eigenvalue weighted by atomic mass is 16.5. The van der Waals surface area contributed by atoms with E-state index in [9.17, 15) is 5.21 Å². The number of rotatable bonds is 2. The molecule has 5 rings (SSSR count). The normalized spacial score (nSPS) is 13.8. The second kappa shape index (κ2) is 5.46. The molecule has 26 heavy (non-hydrogen) atoms. The number of oxime groups is 1. The fourth-order valence-electron chi connectivity index (χ4n) is 3.64. The Morgan fingerprint density at radius 2 is 1.69 bits per heavy atom. The first kappa shape index (κ1) is 14.7. The van der Waals surface area contributed by atoms with Crippen LogP contribution < -0.4 is 4.74 Å². The van der Waals surface area contributed by atoms with Crippen LogP contribution >= 0.6 is 0 Å². The van der Waals surface area contributed by atoms with Gasteiger partial charge in [0.25, 0.3) is 0 Å². The van der Waals surface area contributed by atoms with Crippen molar-refractivity contribution >= 4 is 16.7 Å². The molecule has 0 atom stereocenters. The van der Waals surface area contributed by atoms with E-state index in [-0.39, 0.29) is 0 Å². The number of hydrogen-bond donors (Lipinski definition) is 2. The molecule has 0 fully saturated rings. The molecule has 0 saturated carbocycles. The van der Waals surface area contributed by atoms with Crippen LogP contribution in [-0.2, 0) is 0 Å². The van der Waals surface area contributed by atoms with Gasteiger partial charge in [-0.15, -0.1) is 0 Å². The number of H-pyrrole nitrogens is 1. The average Bonchev–Trinajstić information content (AvgIpc) is 3.25. The molecule has 0 radical (unpaired) electrons. The number of imidazole rings is 1. The first-order valence-corrected chi connectivity index (χ1v) is 8.29. The van der Waals surface area contributed by atoms with Gasteiger partial charge in [0, 0.05) is 28.3 Å². The highest BCUT2D eigenvalue weighted by Crippen LogP contribution is 2.42. The molecule has 1 heterocycles. The van der Waals surface area contributed by atoms with Gasteiger partial charge >= 0.3 is 0 Å². The molecule has 0 spiro atoms. The Kier molecular flexibility index (Phi) is 3.09. The van der Waals surface area contributed by atoms with Crippen molar-refractivity contribution in [3.63, 3.8) is 0 Å². The zero-order chi connectivity index (χ0) is 17.7. The summed E-state index contributed by atoms with van der Waals surface area (Å²) in [5, 5.41) is 13.1. The summed E-state index contributed by atoms with van der Waals surface area (Å²) in [5.74, 6) is 1.56. The van der Waals surface area contributed by atoms with Crippen LogP contribution in [0.5, 0.6) is 5.75 Å². The van der Waals surface area contributed by atoms with E-state index in [1.165, 1.54) is 0 Å². The maximum Gasteiger partial charge on any atom is 0.139 e. The lowest BCUT2D eigenvalue weighted by atomic mass is 9.99. The summed E-state index contributed by atoms with van der Waals surface area (Å²) < 4.78 is 5.30. The molecule has 0 bridgehead atoms. The van der Waals surface area contributed by atoms with Crippen molar-refractivity contribution in [3.05, 3.63) is 71.8 Å². The predicted octanol–water partition coefficient (Wildman–Crippen LogP) is 4.45. The lowest BCUT2D eigenvalue weighted by Gasteiger charge is -2.06. The molecule has 1 aliphatic rings. The number of methoxy groups -OCH3 is 1. The molecule has 1 aliphatic carbocycles. The number of nitrogens with zero attached hydrogens (tertiary/aromatic N) is 2. The molecule has 0 unspecified atom stereocenters. The lowest BCUT2D eigenvalue weighted by molar-refractivity contribution is 0.320. The number of hydrogen-bond acceptors (Lipinski definition) is 4. The molecule has 2 N–H and O–H groups in total. The number of ether oxygens (including phenoxy) is 1. The van der Waals surface area contributed by atoms with Gasteiger partial charge in [-0.25, -0.2) is 4.98 Å². The molecule has 1 aromatic heterocycles. The monoisotopic (exact) mass is 341 g/mol. The SMILES string of the molecule is COc1ccc2nc(-c3cccc4c3-c3ccccc3/C4=N/O)[nH]c2c1. The van der Waals surface area contributed by atoms with Crippen molar-refractivity contribution in [1.82, 2.24) is 9.97 Å². The van der Waals surface area contributed by atoms with Crippen molar-refractivity contribution in [3.8, 4) is 28.3 Å². The van der Waals surface area contributed by atoms with Crippen LogP contribution in [0.25, 0.3) is 33.5 Å². The Labute approximate surface area is 149 Å². The third-order valence-corrected chi connectivity index (χ3v) is 4.82. The highest BCUT2D eigenvalue weighted by Gasteiger charge is 2.28. The van der Waals surface area contributed by atoms with E-state index >= 15 is 0 Å². The predicted molar refractivity (Wildman–Crippen MR) is 101 cm³/mol. The van der Waals surface area contributed by atoms with Gasteiger partial charge in [0.2, 0.25) is 0 Å². The second-order valence-corrected chi connectivity index (χ2v) is 6.19. The van der Waals surface area contributed by atoms with E-state index in [0.29, 0.717) is 5.71 Å². The standard InChI is InChI=1S/C21H15N3O2/c1-26-12-9-10-17-18(11-12)23-21(22-17)16-8-4-7-15-19(16)13-5-2-3-6-14(13)20(15)24-25/h2-11,25H,1H3,(H,22,23)/b24-20-. The maximum atomic E-state index is 9.54. The molecular weight excluding hydrogens is 326 g/mol. The van der Waals surface area contributed by atoms with Gasteiger partial charge in [0.15, 0.2) is 0 Å². The van der Waals surface area contributed by atoms with Crippen LogP contribution in [-0.4, -0.2) is 28.0 Å². The first-order valence-electron chi connectivity index (χ1n) is 8.29. The molecule has 3 aromatic carbocycles. The molecule has 4 aromatic rings. The van der Waals surface area contributed by atoms with Gasteiger partial charge in [-0.2, -0.15) is 0 Å². The summed E-state index contributed by atoms with van der Waals surface area (Å²) >= 11 is 0. The van der Waals surface area contributed by atoms with Crippen LogP contribution in [0, 0.1) is 0 Å². The summed E-state index contributed by atoms with van der Waals surface area (Å²) in [7, 11) is 1.65. The fraction of sp³-hybridized carbons (Fsp3) is 0.0476. The molecule has 5 heteroatoms. The zero-order valence-electron chi connectivity index (χ0n) is 14.0. The Bertz CT molecular complexity index is 1190. The summed E-state index contributed by atoms with van der Waals surface area (Å²) in [6, 6.07) is 19.7. The number of aromatic nitrogens is 2. The molecule has 0 saturated heterocycles. The van der Waals surface area contributed by atoms with Crippen LogP contribution in [0.4, 0.5) is 0 Å². The lowest BCUT2D eigenvalue weighted by Crippen LogP contribution is -1.97. The largest absolute Gasteiger partial charge is 0.497 e. The quantitative estimate of drug-likeness (QED) is 0.368. The molecular formula is C21H15N3O2. The zero-order valence-corrected chi connectivity index (χ0v) is 14.0. The third kappa shape index (κ3) is 1.97. The van der Waals surface area contributed by atoms with E-state index in [0.717, 1.165) is 50.4 Å². The van der Waals surface area contributed by atoms with Crippen LogP contribution in [0.3, 0.4) is 0 Å². The highest BCUT2D eigenvalue weighted by molar-refractivity contribution is 6.26. The van der Waals surface area contributed by atoms with E-state index in [2.05, 4.69) is 10.1 Å². The average molecular weight is 341 g/mol. The summed E-state index contributed by atoms with van der Waals surface area (Å²) in [5.41, 5.74) is 7.27. The van der Waals surface area contributed by atoms with E-state index < -0.39 is 0 Å². The van der Waals surface area contributed by atoms with Gasteiger partial charge in [-0.05, 0) is 17.7 Å². The number of fused-ring (bicyclic) bond motifs is 4. The van der Waals surface area contributed by atoms with Gasteiger partial charge in [0.05, 0.1) is 18.1 Å². The smallest absolute Gasteiger partial charge is 0.139 e. The van der Waals surface area contributed by atoms with Crippen molar-refractivity contribution in [2.24, 2.45) is 5.16 Å². The Morgan fingerprint density at radius 3 is 2.50 bits per heavy atom. The summed E-state index contributed by atoms with van der Waals surface area (Å²) in [6.07, 6.45) is 0. The van der Waals surface area contributed by atoms with E-state index in [1.807, 2.05) is 60.7 Å². The number of aromatic amines is 1. The fourth-order valence-corrected chi connectivity index (χ4v) is 3.64. The minimum absolute atomic E-state index is 0.593. The van der Waals surface area contributed by atoms with Crippen molar-refractivity contribution < 1.29 is 9.94 Å². The summed E-state index contributed by atoms with van der Waals surface area (Å²) in [4.78, 5) is 8.13. The van der Waals surface area contributed by atoms with Crippen molar-refractivity contribution in [2.75, 3.05) is 7.11 Å². The van der Waals surface area contributed by atoms with E-state index in [1.54, 1.807) is 7.11 Å². The first-order chi connectivity index (χ1) is 12.8. The topological polar surface area (TPSA) is 70.5 Å². The van der Waals surface area contributed by atoms with Gasteiger partial charge in [0.1, 0.15) is 17.3 Å². The molecule has 5 nitrogen and oxygen atoms in total. The molecule has 126 valence electrons. The van der Waals surface area contributed by atoms with Crippen LogP contribution in [0.15, 0.2) is 65.8 Å². The van der Waals surface area contributed by atoms with E-state index in [4.69, 9.17) is 9.72 Å². The molecule has 0 amide bonds. The molecule has 0 aliphatic heterocycles. The number of benzene rings is 3.